The van der Waals surface area contributed by atoms with Gasteiger partial charge in [0.25, 0.3) is 0 Å². The van der Waals surface area contributed by atoms with Crippen molar-refractivity contribution in [3.05, 3.63) is 23.5 Å². The molecular weight excluding hydrogens is 282 g/mol. The molecule has 6 nitrogen and oxygen atoms in total. The number of halogens is 1. The molecule has 0 aliphatic heterocycles. The van der Waals surface area contributed by atoms with E-state index >= 15 is 0 Å². The molecule has 0 bridgehead atoms. The van der Waals surface area contributed by atoms with E-state index in [2.05, 4.69) is 10.3 Å². The van der Waals surface area contributed by atoms with Gasteiger partial charge in [-0.3, -0.25) is 14.5 Å². The Bertz CT molecular complexity index is 468. The van der Waals surface area contributed by atoms with Crippen LogP contribution >= 0.6 is 11.6 Å². The number of amides is 1. The highest BCUT2D eigenvalue weighted by molar-refractivity contribution is 6.32. The molecule has 0 saturated carbocycles. The van der Waals surface area contributed by atoms with Gasteiger partial charge >= 0.3 is 5.97 Å². The molecule has 0 spiro atoms. The van der Waals surface area contributed by atoms with E-state index in [0.29, 0.717) is 18.8 Å². The third kappa shape index (κ3) is 5.54. The molecule has 1 amide bonds. The van der Waals surface area contributed by atoms with Crippen molar-refractivity contribution in [2.45, 2.75) is 13.8 Å². The maximum absolute atomic E-state index is 11.9. The van der Waals surface area contributed by atoms with E-state index in [0.717, 1.165) is 0 Å². The van der Waals surface area contributed by atoms with Crippen molar-refractivity contribution in [1.29, 1.82) is 0 Å². The van der Waals surface area contributed by atoms with Crippen molar-refractivity contribution in [3.63, 3.8) is 0 Å². The van der Waals surface area contributed by atoms with Crippen LogP contribution in [0.15, 0.2) is 18.3 Å². The predicted octanol–water partition coefficient (Wildman–Crippen LogP) is 1.56. The topological polar surface area (TPSA) is 71.5 Å². The summed E-state index contributed by atoms with van der Waals surface area (Å²) in [5.41, 5.74) is 0.450. The molecule has 1 aromatic heterocycles. The van der Waals surface area contributed by atoms with Crippen molar-refractivity contribution in [2.24, 2.45) is 0 Å². The molecule has 0 saturated heterocycles. The number of esters is 1. The zero-order valence-corrected chi connectivity index (χ0v) is 12.3. The van der Waals surface area contributed by atoms with E-state index < -0.39 is 0 Å². The predicted molar refractivity (Wildman–Crippen MR) is 76.6 cm³/mol. The lowest BCUT2D eigenvalue weighted by Crippen LogP contribution is -2.37. The largest absolute Gasteiger partial charge is 0.465 e. The Morgan fingerprint density at radius 3 is 2.75 bits per heavy atom. The average molecular weight is 300 g/mol. The first-order valence-electron chi connectivity index (χ1n) is 6.35. The molecule has 0 aromatic carbocycles. The third-order valence-electron chi connectivity index (χ3n) is 2.51. The third-order valence-corrected chi connectivity index (χ3v) is 2.81. The first-order chi connectivity index (χ1) is 9.56. The number of pyridine rings is 1. The molecule has 0 radical (unpaired) electrons. The van der Waals surface area contributed by atoms with Gasteiger partial charge in [-0.2, -0.15) is 0 Å². The number of nitrogens with one attached hydrogen (secondary N) is 1. The summed E-state index contributed by atoms with van der Waals surface area (Å²) in [4.78, 5) is 28.8. The van der Waals surface area contributed by atoms with Gasteiger partial charge in [0.1, 0.15) is 0 Å². The number of carbonyl (C=O) groups is 2. The van der Waals surface area contributed by atoms with E-state index in [1.807, 2.05) is 6.92 Å². The average Bonchev–Trinajstić information content (AvgIpc) is 2.41. The number of likely N-dealkylation sites (N-methyl/N-ethyl adjacent to an activating group) is 1. The van der Waals surface area contributed by atoms with Crippen LogP contribution in [0.25, 0.3) is 0 Å². The Morgan fingerprint density at radius 1 is 1.40 bits per heavy atom. The molecule has 20 heavy (non-hydrogen) atoms. The molecule has 0 atom stereocenters. The number of hydrogen-bond acceptors (Lipinski definition) is 5. The number of anilines is 1. The van der Waals surface area contributed by atoms with Gasteiger partial charge in [-0.05, 0) is 25.6 Å². The van der Waals surface area contributed by atoms with Gasteiger partial charge in [-0.1, -0.05) is 18.5 Å². The molecule has 0 aliphatic rings. The maximum Gasteiger partial charge on any atom is 0.320 e. The minimum absolute atomic E-state index is 0.0819. The van der Waals surface area contributed by atoms with Crippen molar-refractivity contribution in [3.8, 4) is 0 Å². The van der Waals surface area contributed by atoms with Crippen molar-refractivity contribution in [2.75, 3.05) is 31.6 Å². The number of aromatic nitrogens is 1. The van der Waals surface area contributed by atoms with E-state index in [1.165, 1.54) is 6.20 Å². The highest BCUT2D eigenvalue weighted by Crippen LogP contribution is 2.17. The van der Waals surface area contributed by atoms with Crippen molar-refractivity contribution in [1.82, 2.24) is 9.88 Å². The number of ether oxygens (including phenoxy) is 1. The Labute approximate surface area is 123 Å². The molecule has 110 valence electrons. The first-order valence-corrected chi connectivity index (χ1v) is 6.73. The van der Waals surface area contributed by atoms with Crippen molar-refractivity contribution < 1.29 is 14.3 Å². The summed E-state index contributed by atoms with van der Waals surface area (Å²) >= 11 is 5.85. The van der Waals surface area contributed by atoms with Crippen LogP contribution in [0.2, 0.25) is 5.15 Å². The van der Waals surface area contributed by atoms with Crippen LogP contribution in [0.3, 0.4) is 0 Å². The number of nitrogens with zero attached hydrogens (tertiary/aromatic N) is 2. The number of carbonyl (C=O) groups excluding carboxylic acids is 2. The van der Waals surface area contributed by atoms with Crippen molar-refractivity contribution >= 4 is 29.2 Å². The van der Waals surface area contributed by atoms with Gasteiger partial charge in [0.15, 0.2) is 5.15 Å². The lowest BCUT2D eigenvalue weighted by molar-refractivity contribution is -0.144. The van der Waals surface area contributed by atoms with Crippen LogP contribution in [0, 0.1) is 0 Å². The summed E-state index contributed by atoms with van der Waals surface area (Å²) in [6, 6.07) is 3.34. The summed E-state index contributed by atoms with van der Waals surface area (Å²) in [5, 5.41) is 2.88. The van der Waals surface area contributed by atoms with Gasteiger partial charge in [0.05, 0.1) is 25.4 Å². The van der Waals surface area contributed by atoms with Gasteiger partial charge in [0.2, 0.25) is 5.91 Å². The maximum atomic E-state index is 11.9. The summed E-state index contributed by atoms with van der Waals surface area (Å²) in [7, 11) is 0. The van der Waals surface area contributed by atoms with Crippen LogP contribution in [0.5, 0.6) is 0 Å². The molecule has 1 N–H and O–H groups in total. The first kappa shape index (κ1) is 16.4. The summed E-state index contributed by atoms with van der Waals surface area (Å²) in [5.74, 6) is -0.604. The molecule has 1 aromatic rings. The summed E-state index contributed by atoms with van der Waals surface area (Å²) in [6.45, 7) is 4.66. The second-order valence-corrected chi connectivity index (χ2v) is 4.36. The van der Waals surface area contributed by atoms with E-state index in [4.69, 9.17) is 16.3 Å². The number of hydrogen-bond donors (Lipinski definition) is 1. The van der Waals surface area contributed by atoms with E-state index in [1.54, 1.807) is 24.0 Å². The zero-order chi connectivity index (χ0) is 15.0. The van der Waals surface area contributed by atoms with E-state index in [9.17, 15) is 9.59 Å². The van der Waals surface area contributed by atoms with E-state index in [-0.39, 0.29) is 30.1 Å². The fraction of sp³-hybridized carbons (Fsp3) is 0.462. The lowest BCUT2D eigenvalue weighted by atomic mass is 10.4. The normalized spacial score (nSPS) is 10.4. The minimum Gasteiger partial charge on any atom is -0.465 e. The summed E-state index contributed by atoms with van der Waals surface area (Å²) < 4.78 is 4.85. The molecule has 0 aliphatic carbocycles. The highest BCUT2D eigenvalue weighted by atomic mass is 35.5. The molecule has 1 rings (SSSR count). The fourth-order valence-electron chi connectivity index (χ4n) is 1.54. The zero-order valence-electron chi connectivity index (χ0n) is 11.6. The standard InChI is InChI=1S/C13H18ClN3O3/c1-3-17(9-12(19)20-4-2)8-11(18)16-10-6-5-7-15-13(10)14/h5-7H,3-4,8-9H2,1-2H3,(H,16,18). The van der Waals surface area contributed by atoms with Crippen LogP contribution in [-0.2, 0) is 14.3 Å². The van der Waals surface area contributed by atoms with Crippen LogP contribution in [0.1, 0.15) is 13.8 Å². The Balaban J connectivity index is 2.51. The minimum atomic E-state index is -0.346. The molecule has 1 heterocycles. The van der Waals surface area contributed by atoms with Gasteiger partial charge < -0.3 is 10.1 Å². The second kappa shape index (κ2) is 8.50. The highest BCUT2D eigenvalue weighted by Gasteiger charge is 2.14. The Kier molecular flexibility index (Phi) is 6.97. The second-order valence-electron chi connectivity index (χ2n) is 4.00. The fourth-order valence-corrected chi connectivity index (χ4v) is 1.71. The monoisotopic (exact) mass is 299 g/mol. The van der Waals surface area contributed by atoms with Crippen LogP contribution < -0.4 is 5.32 Å². The smallest absolute Gasteiger partial charge is 0.320 e. The van der Waals surface area contributed by atoms with Crippen LogP contribution in [-0.4, -0.2) is 48.0 Å². The Morgan fingerprint density at radius 2 is 2.15 bits per heavy atom. The molecule has 0 unspecified atom stereocenters. The summed E-state index contributed by atoms with van der Waals surface area (Å²) in [6.07, 6.45) is 1.54. The molecule has 7 heteroatoms. The lowest BCUT2D eigenvalue weighted by Gasteiger charge is -2.18. The molecular formula is C13H18ClN3O3. The van der Waals surface area contributed by atoms with Crippen LogP contribution in [0.4, 0.5) is 5.69 Å². The quantitative estimate of drug-likeness (QED) is 0.611. The Hall–Kier alpha value is -1.66. The van der Waals surface area contributed by atoms with Gasteiger partial charge in [-0.15, -0.1) is 0 Å². The van der Waals surface area contributed by atoms with Gasteiger partial charge in [0, 0.05) is 6.20 Å². The van der Waals surface area contributed by atoms with Gasteiger partial charge in [-0.25, -0.2) is 4.98 Å². The number of rotatable bonds is 7. The molecule has 0 fully saturated rings. The SMILES string of the molecule is CCOC(=O)CN(CC)CC(=O)Nc1cccnc1Cl.